The highest BCUT2D eigenvalue weighted by Gasteiger charge is 2.23. The van der Waals surface area contributed by atoms with Crippen molar-refractivity contribution in [2.24, 2.45) is 5.73 Å². The van der Waals surface area contributed by atoms with Gasteiger partial charge in [-0.15, -0.1) is 0 Å². The number of aryl methyl sites for hydroxylation is 3. The van der Waals surface area contributed by atoms with E-state index in [1.54, 1.807) is 21.4 Å². The van der Waals surface area contributed by atoms with Crippen molar-refractivity contribution in [1.82, 2.24) is 24.6 Å². The average molecular weight is 634 g/mol. The summed E-state index contributed by atoms with van der Waals surface area (Å²) in [5.41, 5.74) is 9.59. The number of methoxy groups -OCH3 is 1. The van der Waals surface area contributed by atoms with Crippen LogP contribution < -0.4 is 30.6 Å². The average Bonchev–Trinajstić information content (AvgIpc) is 3.70. The van der Waals surface area contributed by atoms with Crippen molar-refractivity contribution in [3.63, 3.8) is 0 Å². The second-order valence-corrected chi connectivity index (χ2v) is 10.9. The Hall–Kier alpha value is -5.27. The molecule has 0 saturated heterocycles. The van der Waals surface area contributed by atoms with Crippen LogP contribution in [-0.4, -0.2) is 63.6 Å². The first-order valence-electron chi connectivity index (χ1n) is 15.2. The lowest BCUT2D eigenvalue weighted by Gasteiger charge is -2.14. The molecule has 14 heteroatoms. The van der Waals surface area contributed by atoms with Crippen LogP contribution in [0.15, 0.2) is 30.3 Å². The summed E-state index contributed by atoms with van der Waals surface area (Å²) in [4.78, 5) is 42.5. The van der Waals surface area contributed by atoms with Gasteiger partial charge < -0.3 is 34.6 Å². The van der Waals surface area contributed by atoms with Gasteiger partial charge in [0.25, 0.3) is 5.91 Å². The van der Waals surface area contributed by atoms with Gasteiger partial charge in [-0.1, -0.05) is 0 Å². The number of benzene rings is 2. The Bertz CT molecular complexity index is 1780. The lowest BCUT2D eigenvalue weighted by molar-refractivity contribution is 0.0995. The van der Waals surface area contributed by atoms with Gasteiger partial charge in [0.2, 0.25) is 11.9 Å². The van der Waals surface area contributed by atoms with Crippen LogP contribution in [0.2, 0.25) is 0 Å². The van der Waals surface area contributed by atoms with Crippen LogP contribution in [0.4, 0.5) is 10.7 Å². The molecule has 46 heavy (non-hydrogen) atoms. The number of nitrogens with one attached hydrogen (secondary N) is 2. The minimum Gasteiger partial charge on any atom is -0.494 e. The Balaban J connectivity index is 1.28. The Kier molecular flexibility index (Phi) is 9.64. The Morgan fingerprint density at radius 3 is 2.65 bits per heavy atom. The molecule has 0 saturated carbocycles. The van der Waals surface area contributed by atoms with Gasteiger partial charge in [-0.25, -0.2) is 9.78 Å². The van der Waals surface area contributed by atoms with Crippen LogP contribution in [0.1, 0.15) is 64.9 Å². The van der Waals surface area contributed by atoms with Crippen molar-refractivity contribution in [3.05, 3.63) is 58.4 Å². The summed E-state index contributed by atoms with van der Waals surface area (Å²) < 4.78 is 26.1. The highest BCUT2D eigenvalue weighted by molar-refractivity contribution is 6.04. The Morgan fingerprint density at radius 1 is 1.13 bits per heavy atom. The van der Waals surface area contributed by atoms with E-state index in [9.17, 15) is 14.4 Å². The normalized spacial score (nSPS) is 13.6. The number of fused-ring (bicyclic) bond motifs is 2. The van der Waals surface area contributed by atoms with Crippen LogP contribution in [0.5, 0.6) is 17.2 Å². The van der Waals surface area contributed by atoms with E-state index >= 15 is 0 Å². The van der Waals surface area contributed by atoms with Crippen LogP contribution in [0.3, 0.4) is 0 Å². The molecule has 244 valence electrons. The third-order valence-corrected chi connectivity index (χ3v) is 7.54. The van der Waals surface area contributed by atoms with Crippen LogP contribution in [0, 0.1) is 6.92 Å². The molecule has 0 spiro atoms. The molecular formula is C32H39N7O7. The molecular weight excluding hydrogens is 594 g/mol. The third kappa shape index (κ3) is 6.85. The van der Waals surface area contributed by atoms with Gasteiger partial charge in [0.05, 0.1) is 24.9 Å². The zero-order valence-electron chi connectivity index (χ0n) is 26.6. The molecule has 2 aromatic heterocycles. The molecule has 0 bridgehead atoms. The SMILES string of the molecule is CCOc1cc2c(cc1COC(=O)NCCCn1c(NC(=O)c3cc(C)nn3CC)nc3cc(C(N)=O)cc(OC)c31)OC(C)C2. The van der Waals surface area contributed by atoms with Gasteiger partial charge in [0, 0.05) is 42.7 Å². The van der Waals surface area contributed by atoms with Crippen LogP contribution in [0.25, 0.3) is 11.0 Å². The molecule has 1 aliphatic heterocycles. The number of imidazole rings is 1. The predicted octanol–water partition coefficient (Wildman–Crippen LogP) is 3.96. The monoisotopic (exact) mass is 633 g/mol. The lowest BCUT2D eigenvalue weighted by atomic mass is 10.1. The molecule has 4 aromatic rings. The van der Waals surface area contributed by atoms with Crippen molar-refractivity contribution < 1.29 is 33.3 Å². The second-order valence-electron chi connectivity index (χ2n) is 10.9. The number of carbonyl (C=O) groups is 3. The highest BCUT2D eigenvalue weighted by Crippen LogP contribution is 2.35. The predicted molar refractivity (Wildman–Crippen MR) is 170 cm³/mol. The summed E-state index contributed by atoms with van der Waals surface area (Å²) >= 11 is 0. The maximum absolute atomic E-state index is 13.3. The summed E-state index contributed by atoms with van der Waals surface area (Å²) in [6.45, 7) is 9.21. The molecule has 3 amide bonds. The summed E-state index contributed by atoms with van der Waals surface area (Å²) in [7, 11) is 1.47. The third-order valence-electron chi connectivity index (χ3n) is 7.54. The number of amides is 3. The van der Waals surface area contributed by atoms with E-state index < -0.39 is 17.9 Å². The first kappa shape index (κ1) is 32.1. The van der Waals surface area contributed by atoms with Gasteiger partial charge in [-0.3, -0.25) is 19.6 Å². The molecule has 2 aromatic carbocycles. The number of ether oxygens (including phenoxy) is 4. The van der Waals surface area contributed by atoms with Crippen molar-refractivity contribution in [3.8, 4) is 17.2 Å². The van der Waals surface area contributed by atoms with E-state index in [1.807, 2.05) is 39.8 Å². The number of rotatable bonds is 13. The molecule has 1 unspecified atom stereocenters. The first-order chi connectivity index (χ1) is 22.1. The number of hydrogen-bond acceptors (Lipinski definition) is 9. The molecule has 5 rings (SSSR count). The zero-order chi connectivity index (χ0) is 33.0. The number of carbonyl (C=O) groups excluding carboxylic acids is 3. The molecule has 0 aliphatic carbocycles. The van der Waals surface area contributed by atoms with E-state index in [-0.39, 0.29) is 30.8 Å². The van der Waals surface area contributed by atoms with E-state index in [0.29, 0.717) is 60.0 Å². The van der Waals surface area contributed by atoms with Crippen molar-refractivity contribution in [1.29, 1.82) is 0 Å². The number of anilines is 1. The molecule has 0 radical (unpaired) electrons. The van der Waals surface area contributed by atoms with Gasteiger partial charge in [0.15, 0.2) is 0 Å². The van der Waals surface area contributed by atoms with E-state index in [4.69, 9.17) is 24.7 Å². The largest absolute Gasteiger partial charge is 0.494 e. The Morgan fingerprint density at radius 2 is 1.93 bits per heavy atom. The van der Waals surface area contributed by atoms with Gasteiger partial charge >= 0.3 is 6.09 Å². The molecule has 3 heterocycles. The van der Waals surface area contributed by atoms with Crippen molar-refractivity contribution in [2.75, 3.05) is 25.6 Å². The number of alkyl carbamates (subject to hydrolysis) is 1. The summed E-state index contributed by atoms with van der Waals surface area (Å²) in [6, 6.07) is 8.58. The van der Waals surface area contributed by atoms with E-state index in [2.05, 4.69) is 20.7 Å². The van der Waals surface area contributed by atoms with Gasteiger partial charge in [-0.05, 0) is 64.4 Å². The minimum atomic E-state index is -0.638. The maximum atomic E-state index is 13.3. The topological polar surface area (TPSA) is 174 Å². The molecule has 14 nitrogen and oxygen atoms in total. The van der Waals surface area contributed by atoms with E-state index in [1.165, 1.54) is 13.2 Å². The van der Waals surface area contributed by atoms with Crippen LogP contribution in [-0.2, 0) is 30.9 Å². The van der Waals surface area contributed by atoms with Gasteiger partial charge in [0.1, 0.15) is 41.2 Å². The maximum Gasteiger partial charge on any atom is 0.407 e. The molecule has 4 N–H and O–H groups in total. The van der Waals surface area contributed by atoms with Crippen molar-refractivity contribution >= 4 is 34.9 Å². The molecule has 0 fully saturated rings. The molecule has 1 aliphatic rings. The summed E-state index contributed by atoms with van der Waals surface area (Å²) in [5, 5.41) is 10.00. The fourth-order valence-corrected chi connectivity index (χ4v) is 5.48. The zero-order valence-corrected chi connectivity index (χ0v) is 26.6. The number of nitrogens with zero attached hydrogens (tertiary/aromatic N) is 4. The number of hydrogen-bond donors (Lipinski definition) is 3. The van der Waals surface area contributed by atoms with Crippen LogP contribution >= 0.6 is 0 Å². The minimum absolute atomic E-state index is 0.0156. The first-order valence-corrected chi connectivity index (χ1v) is 15.2. The summed E-state index contributed by atoms with van der Waals surface area (Å²) in [5.74, 6) is 1.00. The Labute approximate surface area is 266 Å². The number of aromatic nitrogens is 4. The molecule has 1 atom stereocenters. The van der Waals surface area contributed by atoms with E-state index in [0.717, 1.165) is 23.3 Å². The highest BCUT2D eigenvalue weighted by atomic mass is 16.5. The van der Waals surface area contributed by atoms with Crippen molar-refractivity contribution in [2.45, 2.75) is 66.3 Å². The number of primary amides is 1. The standard InChI is InChI=1S/C32H39N7O7/c1-6-39-24(11-18(3)37-39)30(41)36-31-35-23-13-21(29(33)40)15-27(43-5)28(23)38(31)10-8-9-34-32(42)45-17-22-16-26-20(12-19(4)46-26)14-25(22)44-7-2/h11,13-16,19H,6-10,12,17H2,1-5H3,(H2,33,40)(H,34,42)(H,35,36,41). The fraction of sp³-hybridized carbons (Fsp3) is 0.406. The lowest BCUT2D eigenvalue weighted by Crippen LogP contribution is -2.26. The summed E-state index contributed by atoms with van der Waals surface area (Å²) in [6.07, 6.45) is 0.744. The smallest absolute Gasteiger partial charge is 0.407 e. The number of nitrogens with two attached hydrogens (primary N) is 1. The fourth-order valence-electron chi connectivity index (χ4n) is 5.48. The quantitative estimate of drug-likeness (QED) is 0.184. The van der Waals surface area contributed by atoms with Gasteiger partial charge in [-0.2, -0.15) is 5.10 Å². The second kappa shape index (κ2) is 13.8.